The second-order valence-corrected chi connectivity index (χ2v) is 5.14. The average Bonchev–Trinajstić information content (AvgIpc) is 2.81. The topological polar surface area (TPSA) is 41.9 Å². The molecule has 1 aliphatic heterocycles. The van der Waals surface area contributed by atoms with Gasteiger partial charge in [0.1, 0.15) is 0 Å². The zero-order valence-corrected chi connectivity index (χ0v) is 11.9. The SMILES string of the molecule is COC1CN(CC(O)c2ccccc2C)CC1OC. The molecule has 3 unspecified atom stereocenters. The zero-order chi connectivity index (χ0) is 13.8. The third-order valence-electron chi connectivity index (χ3n) is 3.88. The first-order chi connectivity index (χ1) is 9.15. The van der Waals surface area contributed by atoms with Gasteiger partial charge < -0.3 is 14.6 Å². The van der Waals surface area contributed by atoms with Crippen molar-refractivity contribution in [2.45, 2.75) is 25.2 Å². The number of aryl methyl sites for hydroxylation is 1. The van der Waals surface area contributed by atoms with Crippen molar-refractivity contribution >= 4 is 0 Å². The minimum absolute atomic E-state index is 0.0917. The Balaban J connectivity index is 1.97. The van der Waals surface area contributed by atoms with Crippen LogP contribution in [0.5, 0.6) is 0 Å². The van der Waals surface area contributed by atoms with Gasteiger partial charge in [-0.05, 0) is 18.1 Å². The predicted octanol–water partition coefficient (Wildman–Crippen LogP) is 1.37. The molecule has 3 atom stereocenters. The summed E-state index contributed by atoms with van der Waals surface area (Å²) in [6, 6.07) is 7.96. The number of aliphatic hydroxyl groups is 1. The quantitative estimate of drug-likeness (QED) is 0.873. The first-order valence-electron chi connectivity index (χ1n) is 6.67. The van der Waals surface area contributed by atoms with E-state index in [2.05, 4.69) is 4.90 Å². The highest BCUT2D eigenvalue weighted by Gasteiger charge is 2.33. The minimum Gasteiger partial charge on any atom is -0.387 e. The number of β-amino-alcohol motifs (C(OH)–C–C–N with tert-alkyl or cyclic N) is 1. The Bertz CT molecular complexity index is 398. The first-order valence-corrected chi connectivity index (χ1v) is 6.67. The van der Waals surface area contributed by atoms with Gasteiger partial charge in [0, 0.05) is 33.9 Å². The van der Waals surface area contributed by atoms with Crippen LogP contribution in [0.3, 0.4) is 0 Å². The summed E-state index contributed by atoms with van der Waals surface area (Å²) in [7, 11) is 3.41. The number of aliphatic hydroxyl groups excluding tert-OH is 1. The monoisotopic (exact) mass is 265 g/mol. The van der Waals surface area contributed by atoms with E-state index in [1.807, 2.05) is 31.2 Å². The second kappa shape index (κ2) is 6.48. The lowest BCUT2D eigenvalue weighted by atomic mass is 10.0. The average molecular weight is 265 g/mol. The summed E-state index contributed by atoms with van der Waals surface area (Å²) < 4.78 is 10.8. The molecule has 2 rings (SSSR count). The van der Waals surface area contributed by atoms with E-state index in [1.54, 1.807) is 14.2 Å². The summed E-state index contributed by atoms with van der Waals surface area (Å²) in [5.41, 5.74) is 2.12. The van der Waals surface area contributed by atoms with Crippen LogP contribution in [0.4, 0.5) is 0 Å². The van der Waals surface area contributed by atoms with E-state index in [0.717, 1.165) is 24.2 Å². The highest BCUT2D eigenvalue weighted by atomic mass is 16.5. The lowest BCUT2D eigenvalue weighted by Crippen LogP contribution is -2.28. The van der Waals surface area contributed by atoms with E-state index in [1.165, 1.54) is 0 Å². The molecule has 1 aromatic rings. The van der Waals surface area contributed by atoms with Crippen LogP contribution >= 0.6 is 0 Å². The molecule has 0 aromatic heterocycles. The summed E-state index contributed by atoms with van der Waals surface area (Å²) >= 11 is 0. The Morgan fingerprint density at radius 1 is 1.21 bits per heavy atom. The first kappa shape index (κ1) is 14.5. The molecule has 0 saturated carbocycles. The van der Waals surface area contributed by atoms with Crippen LogP contribution in [-0.2, 0) is 9.47 Å². The Morgan fingerprint density at radius 3 is 2.32 bits per heavy atom. The molecule has 4 nitrogen and oxygen atoms in total. The number of methoxy groups -OCH3 is 2. The van der Waals surface area contributed by atoms with Crippen LogP contribution in [-0.4, -0.2) is 56.1 Å². The molecule has 1 saturated heterocycles. The van der Waals surface area contributed by atoms with E-state index in [9.17, 15) is 5.11 Å². The van der Waals surface area contributed by atoms with Gasteiger partial charge in [-0.1, -0.05) is 24.3 Å². The molecule has 1 N–H and O–H groups in total. The second-order valence-electron chi connectivity index (χ2n) is 5.14. The predicted molar refractivity (Wildman–Crippen MR) is 74.2 cm³/mol. The van der Waals surface area contributed by atoms with Crippen molar-refractivity contribution in [1.29, 1.82) is 0 Å². The molecule has 0 bridgehead atoms. The molecule has 1 aliphatic rings. The molecule has 4 heteroatoms. The van der Waals surface area contributed by atoms with Crippen LogP contribution in [0.2, 0.25) is 0 Å². The molecule has 106 valence electrons. The van der Waals surface area contributed by atoms with Gasteiger partial charge in [0.15, 0.2) is 0 Å². The molecule has 0 aliphatic carbocycles. The number of nitrogens with zero attached hydrogens (tertiary/aromatic N) is 1. The maximum Gasteiger partial charge on any atom is 0.0971 e. The third kappa shape index (κ3) is 3.34. The molecular formula is C15H23NO3. The summed E-state index contributed by atoms with van der Waals surface area (Å²) in [5, 5.41) is 10.4. The normalized spacial score (nSPS) is 25.7. The van der Waals surface area contributed by atoms with E-state index in [4.69, 9.17) is 9.47 Å². The molecule has 0 radical (unpaired) electrons. The van der Waals surface area contributed by atoms with E-state index < -0.39 is 6.10 Å². The van der Waals surface area contributed by atoms with Gasteiger partial charge in [-0.25, -0.2) is 0 Å². The fourth-order valence-corrected chi connectivity index (χ4v) is 2.72. The maximum atomic E-state index is 10.4. The molecule has 19 heavy (non-hydrogen) atoms. The fourth-order valence-electron chi connectivity index (χ4n) is 2.72. The van der Waals surface area contributed by atoms with Crippen molar-refractivity contribution in [2.24, 2.45) is 0 Å². The van der Waals surface area contributed by atoms with Gasteiger partial charge in [-0.3, -0.25) is 4.90 Å². The van der Waals surface area contributed by atoms with E-state index in [0.29, 0.717) is 6.54 Å². The van der Waals surface area contributed by atoms with E-state index in [-0.39, 0.29) is 12.2 Å². The van der Waals surface area contributed by atoms with Crippen LogP contribution in [0.1, 0.15) is 17.2 Å². The number of rotatable bonds is 5. The lowest BCUT2D eigenvalue weighted by molar-refractivity contribution is -0.00461. The van der Waals surface area contributed by atoms with Crippen LogP contribution in [0.25, 0.3) is 0 Å². The molecule has 0 amide bonds. The maximum absolute atomic E-state index is 10.4. The van der Waals surface area contributed by atoms with Crippen molar-refractivity contribution in [1.82, 2.24) is 4.90 Å². The summed E-state index contributed by atoms with van der Waals surface area (Å²) in [4.78, 5) is 2.19. The number of likely N-dealkylation sites (tertiary alicyclic amines) is 1. The number of hydrogen-bond acceptors (Lipinski definition) is 4. The van der Waals surface area contributed by atoms with Gasteiger partial charge in [0.25, 0.3) is 0 Å². The van der Waals surface area contributed by atoms with Gasteiger partial charge >= 0.3 is 0 Å². The highest BCUT2D eigenvalue weighted by molar-refractivity contribution is 5.27. The summed E-state index contributed by atoms with van der Waals surface area (Å²) in [6.07, 6.45) is -0.280. The van der Waals surface area contributed by atoms with Crippen LogP contribution < -0.4 is 0 Å². The van der Waals surface area contributed by atoms with Crippen molar-refractivity contribution in [3.8, 4) is 0 Å². The number of hydrogen-bond donors (Lipinski definition) is 1. The number of benzene rings is 1. The van der Waals surface area contributed by atoms with Crippen molar-refractivity contribution in [3.05, 3.63) is 35.4 Å². The largest absolute Gasteiger partial charge is 0.387 e. The standard InChI is InChI=1S/C15H23NO3/c1-11-6-4-5-7-12(11)13(17)8-16-9-14(18-2)15(10-16)19-3/h4-7,13-15,17H,8-10H2,1-3H3. The molecule has 1 heterocycles. The van der Waals surface area contributed by atoms with Crippen LogP contribution in [0.15, 0.2) is 24.3 Å². The number of ether oxygens (including phenoxy) is 2. The third-order valence-corrected chi connectivity index (χ3v) is 3.88. The van der Waals surface area contributed by atoms with Gasteiger partial charge in [0.2, 0.25) is 0 Å². The van der Waals surface area contributed by atoms with Gasteiger partial charge in [-0.2, -0.15) is 0 Å². The van der Waals surface area contributed by atoms with Crippen molar-refractivity contribution < 1.29 is 14.6 Å². The van der Waals surface area contributed by atoms with E-state index >= 15 is 0 Å². The molecule has 1 aromatic carbocycles. The van der Waals surface area contributed by atoms with Gasteiger partial charge in [-0.15, -0.1) is 0 Å². The molecule has 1 fully saturated rings. The molecule has 0 spiro atoms. The molecular weight excluding hydrogens is 242 g/mol. The van der Waals surface area contributed by atoms with Crippen molar-refractivity contribution in [3.63, 3.8) is 0 Å². The van der Waals surface area contributed by atoms with Crippen molar-refractivity contribution in [2.75, 3.05) is 33.9 Å². The fraction of sp³-hybridized carbons (Fsp3) is 0.600. The lowest BCUT2D eigenvalue weighted by Gasteiger charge is -2.21. The smallest absolute Gasteiger partial charge is 0.0971 e. The Labute approximate surface area is 114 Å². The highest BCUT2D eigenvalue weighted by Crippen LogP contribution is 2.22. The summed E-state index contributed by atoms with van der Waals surface area (Å²) in [5.74, 6) is 0. The minimum atomic E-state index is -0.464. The van der Waals surface area contributed by atoms with Crippen LogP contribution in [0, 0.1) is 6.92 Å². The Hall–Kier alpha value is -0.940. The van der Waals surface area contributed by atoms with Gasteiger partial charge in [0.05, 0.1) is 18.3 Å². The Kier molecular flexibility index (Phi) is 4.93. The zero-order valence-electron chi connectivity index (χ0n) is 11.9. The summed E-state index contributed by atoms with van der Waals surface area (Å²) in [6.45, 7) is 4.25. The Morgan fingerprint density at radius 2 is 1.79 bits per heavy atom.